The molecule has 110 heavy (non-hydrogen) atoms. The highest BCUT2D eigenvalue weighted by atomic mass is 32.1. The lowest BCUT2D eigenvalue weighted by Gasteiger charge is -2.16. The summed E-state index contributed by atoms with van der Waals surface area (Å²) in [6.07, 6.45) is 0.970. The molecule has 24 rings (SSSR count). The molecule has 0 fully saturated rings. The van der Waals surface area contributed by atoms with Gasteiger partial charge in [0.05, 0.1) is 38.1 Å². The standard InChI is InChI=1S/C54H35N.C53H33NS/c1-2-12-34(13-3-1)36-17-10-18-40(30-36)52-45-22-9-8-21-44(45)48-32-37(24-27-46(48)52)38-26-29-51-49(33-38)47-28-25-41-31-39-15-5-7-20-43(39)53(41)54(47)55(51)50-23-11-16-35-14-4-6-19-42(35)50;1-2-12-33(13-3-1)35-16-10-17-38(30-35)51-42-21-7-6-19-40(42)46-31-36(24-26-43(46)51)37-25-29-49-47(32-37)44-27-28-45-41-20-8-9-23-50(41)55-53(45)52(44)54(49)48-22-11-15-34-14-4-5-18-39(34)48/h1-30,32-33,52H,31H2;1-32,51H. The molecule has 2 nitrogen and oxygen atoms in total. The average molecular weight is 1410 g/mol. The summed E-state index contributed by atoms with van der Waals surface area (Å²) in [7, 11) is 0. The molecule has 2 unspecified atom stereocenters. The van der Waals surface area contributed by atoms with Crippen molar-refractivity contribution in [2.75, 3.05) is 0 Å². The number of thiophene rings is 1. The minimum atomic E-state index is 0.189. The normalized spacial score (nSPS) is 13.8. The van der Waals surface area contributed by atoms with Crippen LogP contribution in [0.15, 0.2) is 388 Å². The molecule has 0 spiro atoms. The van der Waals surface area contributed by atoms with Gasteiger partial charge in [-0.05, 0) is 189 Å². The molecule has 0 saturated heterocycles. The number of hydrogen-bond acceptors (Lipinski definition) is 1. The van der Waals surface area contributed by atoms with Crippen molar-refractivity contribution < 1.29 is 0 Å². The lowest BCUT2D eigenvalue weighted by Crippen LogP contribution is -1.99. The Morgan fingerprint density at radius 2 is 0.655 bits per heavy atom. The molecule has 3 aromatic heterocycles. The van der Waals surface area contributed by atoms with E-state index in [1.165, 1.54) is 219 Å². The van der Waals surface area contributed by atoms with E-state index in [-0.39, 0.29) is 11.8 Å². The van der Waals surface area contributed by atoms with E-state index in [4.69, 9.17) is 0 Å². The summed E-state index contributed by atoms with van der Waals surface area (Å²) in [4.78, 5) is 0. The molecule has 18 aromatic carbocycles. The van der Waals surface area contributed by atoms with Crippen LogP contribution in [0.3, 0.4) is 0 Å². The topological polar surface area (TPSA) is 9.86 Å². The lowest BCUT2D eigenvalue weighted by atomic mass is 9.87. The fourth-order valence-corrected chi connectivity index (χ4v) is 20.4. The Bertz CT molecular complexity index is 7380. The van der Waals surface area contributed by atoms with Crippen LogP contribution in [0, 0.1) is 0 Å². The molecule has 3 heterocycles. The highest BCUT2D eigenvalue weighted by Crippen LogP contribution is 2.54. The predicted molar refractivity (Wildman–Crippen MR) is 465 cm³/mol. The van der Waals surface area contributed by atoms with E-state index < -0.39 is 0 Å². The maximum absolute atomic E-state index is 2.55. The van der Waals surface area contributed by atoms with Crippen molar-refractivity contribution in [3.8, 4) is 89.3 Å². The molecule has 0 amide bonds. The maximum atomic E-state index is 2.55. The number of nitrogens with zero attached hydrogens (tertiary/aromatic N) is 2. The van der Waals surface area contributed by atoms with Crippen LogP contribution in [0.25, 0.3) is 175 Å². The highest BCUT2D eigenvalue weighted by molar-refractivity contribution is 7.26. The summed E-state index contributed by atoms with van der Waals surface area (Å²) < 4.78 is 7.73. The van der Waals surface area contributed by atoms with E-state index in [1.807, 2.05) is 11.3 Å². The van der Waals surface area contributed by atoms with Crippen molar-refractivity contribution in [3.63, 3.8) is 0 Å². The summed E-state index contributed by atoms with van der Waals surface area (Å²) >= 11 is 1.91. The van der Waals surface area contributed by atoms with Crippen molar-refractivity contribution in [1.29, 1.82) is 0 Å². The lowest BCUT2D eigenvalue weighted by molar-refractivity contribution is 1.02. The number of rotatable bonds is 8. The molecule has 0 saturated carbocycles. The van der Waals surface area contributed by atoms with Gasteiger partial charge in [-0.2, -0.15) is 0 Å². The Kier molecular flexibility index (Phi) is 14.2. The van der Waals surface area contributed by atoms with Gasteiger partial charge in [0.25, 0.3) is 0 Å². The molecular formula is C107H68N2S. The highest BCUT2D eigenvalue weighted by Gasteiger charge is 2.34. The SMILES string of the molecule is c1ccc(-c2cccc(C3c4ccccc4-c4cc(-c5ccc6c(c5)c5ccc7c(c5n6-c5cccc6ccccc56)-c5ccccc5C7)ccc43)c2)cc1.c1ccc(-c2cccc(C3c4ccccc4-c4cc(-c5ccc6c(c5)c5ccc7c8ccccc8sc7c5n6-c5cccc6ccccc56)ccc43)c2)cc1. The Labute approximate surface area is 641 Å². The summed E-state index contributed by atoms with van der Waals surface area (Å²) in [5, 5.41) is 12.8. The summed E-state index contributed by atoms with van der Waals surface area (Å²) in [5.41, 5.74) is 36.4. The Morgan fingerprint density at radius 3 is 1.25 bits per heavy atom. The van der Waals surface area contributed by atoms with Crippen molar-refractivity contribution in [2.45, 2.75) is 18.3 Å². The van der Waals surface area contributed by atoms with Crippen LogP contribution in [0.2, 0.25) is 0 Å². The van der Waals surface area contributed by atoms with Gasteiger partial charge in [-0.15, -0.1) is 11.3 Å². The number of aromatic nitrogens is 2. The monoisotopic (exact) mass is 1410 g/mol. The van der Waals surface area contributed by atoms with Gasteiger partial charge in [0.15, 0.2) is 0 Å². The van der Waals surface area contributed by atoms with E-state index >= 15 is 0 Å². The van der Waals surface area contributed by atoms with Crippen LogP contribution in [-0.4, -0.2) is 9.13 Å². The third kappa shape index (κ3) is 9.74. The summed E-state index contributed by atoms with van der Waals surface area (Å²) in [6, 6.07) is 144. The minimum Gasteiger partial charge on any atom is -0.308 e. The maximum Gasteiger partial charge on any atom is 0.0720 e. The number of hydrogen-bond donors (Lipinski definition) is 0. The quantitative estimate of drug-likeness (QED) is 0.143. The fourth-order valence-electron chi connectivity index (χ4n) is 19.2. The van der Waals surface area contributed by atoms with Gasteiger partial charge in [-0.25, -0.2) is 0 Å². The van der Waals surface area contributed by atoms with E-state index in [0.717, 1.165) is 6.42 Å². The largest absolute Gasteiger partial charge is 0.308 e. The molecule has 3 aliphatic rings. The second-order valence-corrected chi connectivity index (χ2v) is 31.1. The molecule has 3 aliphatic carbocycles. The van der Waals surface area contributed by atoms with Gasteiger partial charge in [-0.3, -0.25) is 0 Å². The van der Waals surface area contributed by atoms with Crippen molar-refractivity contribution in [1.82, 2.24) is 9.13 Å². The first-order valence-electron chi connectivity index (χ1n) is 38.4. The smallest absolute Gasteiger partial charge is 0.0720 e. The van der Waals surface area contributed by atoms with Gasteiger partial charge in [0.2, 0.25) is 0 Å². The molecule has 0 bridgehead atoms. The van der Waals surface area contributed by atoms with Crippen molar-refractivity contribution in [2.24, 2.45) is 0 Å². The molecule has 0 aliphatic heterocycles. The van der Waals surface area contributed by atoms with Crippen LogP contribution in [-0.2, 0) is 6.42 Å². The van der Waals surface area contributed by atoms with Gasteiger partial charge >= 0.3 is 0 Å². The summed E-state index contributed by atoms with van der Waals surface area (Å²) in [6.45, 7) is 0. The van der Waals surface area contributed by atoms with Gasteiger partial charge in [-0.1, -0.05) is 334 Å². The molecular weight excluding hydrogens is 1350 g/mol. The van der Waals surface area contributed by atoms with Crippen LogP contribution < -0.4 is 0 Å². The van der Waals surface area contributed by atoms with E-state index in [2.05, 4.69) is 397 Å². The van der Waals surface area contributed by atoms with Gasteiger partial charge in [0.1, 0.15) is 0 Å². The summed E-state index contributed by atoms with van der Waals surface area (Å²) in [5.74, 6) is 0.379. The first kappa shape index (κ1) is 62.5. The van der Waals surface area contributed by atoms with E-state index in [9.17, 15) is 0 Å². The second kappa shape index (κ2) is 24.9. The number of benzene rings is 18. The van der Waals surface area contributed by atoms with Crippen LogP contribution in [0.5, 0.6) is 0 Å². The Balaban J connectivity index is 0.000000132. The molecule has 2 atom stereocenters. The molecule has 3 heteroatoms. The molecule has 512 valence electrons. The zero-order chi connectivity index (χ0) is 72.1. The van der Waals surface area contributed by atoms with Gasteiger partial charge < -0.3 is 9.13 Å². The zero-order valence-corrected chi connectivity index (χ0v) is 60.9. The van der Waals surface area contributed by atoms with Gasteiger partial charge in [0, 0.05) is 65.2 Å². The Morgan fingerprint density at radius 1 is 0.236 bits per heavy atom. The van der Waals surface area contributed by atoms with Crippen molar-refractivity contribution in [3.05, 3.63) is 433 Å². The van der Waals surface area contributed by atoms with Crippen molar-refractivity contribution >= 4 is 96.7 Å². The predicted octanol–water partition coefficient (Wildman–Crippen LogP) is 28.8. The molecule has 0 N–H and O–H groups in total. The molecule has 0 radical (unpaired) electrons. The number of fused-ring (bicyclic) bond motifs is 22. The van der Waals surface area contributed by atoms with E-state index in [0.29, 0.717) is 0 Å². The fraction of sp³-hybridized carbons (Fsp3) is 0.0280. The van der Waals surface area contributed by atoms with E-state index in [1.54, 1.807) is 0 Å². The minimum absolute atomic E-state index is 0.189. The molecule has 21 aromatic rings. The Hall–Kier alpha value is -13.7. The first-order valence-corrected chi connectivity index (χ1v) is 39.2. The third-order valence-corrected chi connectivity index (χ3v) is 25.3. The van der Waals surface area contributed by atoms with Crippen LogP contribution in [0.1, 0.15) is 56.3 Å². The third-order valence-electron chi connectivity index (χ3n) is 24.1. The zero-order valence-electron chi connectivity index (χ0n) is 60.1. The first-order chi connectivity index (χ1) is 54.6. The second-order valence-electron chi connectivity index (χ2n) is 30.0. The van der Waals surface area contributed by atoms with Crippen LogP contribution in [0.4, 0.5) is 0 Å². The van der Waals surface area contributed by atoms with Crippen LogP contribution >= 0.6 is 11.3 Å². The average Bonchev–Trinajstić information content (AvgIpc) is 1.56.